The van der Waals surface area contributed by atoms with Crippen molar-refractivity contribution in [1.29, 1.82) is 0 Å². The Bertz CT molecular complexity index is 903. The van der Waals surface area contributed by atoms with Gasteiger partial charge in [-0.3, -0.25) is 9.59 Å². The summed E-state index contributed by atoms with van der Waals surface area (Å²) in [7, 11) is 4.32. The van der Waals surface area contributed by atoms with Gasteiger partial charge in [-0.1, -0.05) is 23.7 Å². The molecular formula is C19H18ClNO6. The molecule has 1 aliphatic heterocycles. The standard InChI is InChI=1S/C19H18ClNO6/c1-25-14-7-10(8-15(26-2)17(14)27-3)13(22)9-19(24)11-5-4-6-12(20)16(11)21-18(19)23/h4-8,24H,9H2,1-3H3,(H,21,23)/t19-/m1/s1. The third-order valence-electron chi connectivity index (χ3n) is 4.48. The number of carbonyl (C=O) groups excluding carboxylic acids is 2. The van der Waals surface area contributed by atoms with Crippen LogP contribution in [-0.4, -0.2) is 38.1 Å². The van der Waals surface area contributed by atoms with Gasteiger partial charge in [0.25, 0.3) is 5.91 Å². The van der Waals surface area contributed by atoms with Gasteiger partial charge in [-0.25, -0.2) is 0 Å². The second kappa shape index (κ2) is 7.09. The Balaban J connectivity index is 1.99. The van der Waals surface area contributed by atoms with Crippen LogP contribution in [0, 0.1) is 0 Å². The number of anilines is 1. The molecular weight excluding hydrogens is 374 g/mol. The molecule has 0 radical (unpaired) electrons. The van der Waals surface area contributed by atoms with Crippen LogP contribution in [0.5, 0.6) is 17.2 Å². The lowest BCUT2D eigenvalue weighted by atomic mass is 9.88. The summed E-state index contributed by atoms with van der Waals surface area (Å²) in [4.78, 5) is 25.2. The van der Waals surface area contributed by atoms with Crippen LogP contribution in [-0.2, 0) is 10.4 Å². The quantitative estimate of drug-likeness (QED) is 0.735. The second-order valence-corrected chi connectivity index (χ2v) is 6.40. The molecule has 8 heteroatoms. The predicted octanol–water partition coefficient (Wildman–Crippen LogP) is 2.78. The molecule has 3 rings (SSSR count). The van der Waals surface area contributed by atoms with Crippen LogP contribution in [0.1, 0.15) is 22.3 Å². The van der Waals surface area contributed by atoms with E-state index in [1.54, 1.807) is 18.2 Å². The highest BCUT2D eigenvalue weighted by Crippen LogP contribution is 2.43. The van der Waals surface area contributed by atoms with E-state index in [1.165, 1.54) is 33.5 Å². The Morgan fingerprint density at radius 3 is 2.33 bits per heavy atom. The zero-order valence-corrected chi connectivity index (χ0v) is 15.7. The van der Waals surface area contributed by atoms with Crippen LogP contribution in [0.2, 0.25) is 5.02 Å². The molecule has 0 saturated carbocycles. The maximum Gasteiger partial charge on any atom is 0.261 e. The second-order valence-electron chi connectivity index (χ2n) is 5.99. The summed E-state index contributed by atoms with van der Waals surface area (Å²) in [6.45, 7) is 0. The Labute approximate surface area is 160 Å². The first-order chi connectivity index (χ1) is 12.8. The van der Waals surface area contributed by atoms with Gasteiger partial charge >= 0.3 is 0 Å². The minimum atomic E-state index is -2.02. The van der Waals surface area contributed by atoms with Gasteiger partial charge in [0.15, 0.2) is 22.9 Å². The zero-order valence-electron chi connectivity index (χ0n) is 15.0. The number of nitrogens with one attached hydrogen (secondary N) is 1. The van der Waals surface area contributed by atoms with Gasteiger partial charge in [-0.05, 0) is 18.2 Å². The minimum absolute atomic E-state index is 0.209. The van der Waals surface area contributed by atoms with E-state index in [0.717, 1.165) is 0 Å². The first-order valence-corrected chi connectivity index (χ1v) is 8.39. The van der Waals surface area contributed by atoms with E-state index in [0.29, 0.717) is 22.9 Å². The molecule has 7 nitrogen and oxygen atoms in total. The van der Waals surface area contributed by atoms with Crippen LogP contribution in [0.15, 0.2) is 30.3 Å². The van der Waals surface area contributed by atoms with Gasteiger partial charge in [-0.15, -0.1) is 0 Å². The number of benzene rings is 2. The van der Waals surface area contributed by atoms with E-state index in [2.05, 4.69) is 5.32 Å². The third kappa shape index (κ3) is 3.09. The summed E-state index contributed by atoms with van der Waals surface area (Å²) in [5.74, 6) is -0.241. The predicted molar refractivity (Wildman–Crippen MR) is 99.0 cm³/mol. The van der Waals surface area contributed by atoms with Crippen molar-refractivity contribution >= 4 is 29.0 Å². The fourth-order valence-corrected chi connectivity index (χ4v) is 3.31. The average Bonchev–Trinajstić information content (AvgIpc) is 2.92. The van der Waals surface area contributed by atoms with Crippen LogP contribution < -0.4 is 19.5 Å². The fourth-order valence-electron chi connectivity index (χ4n) is 3.09. The van der Waals surface area contributed by atoms with Gasteiger partial charge in [0.1, 0.15) is 0 Å². The fraction of sp³-hybridized carbons (Fsp3) is 0.263. The zero-order chi connectivity index (χ0) is 19.8. The molecule has 2 N–H and O–H groups in total. The van der Waals surface area contributed by atoms with E-state index < -0.39 is 23.7 Å². The Hall–Kier alpha value is -2.77. The SMILES string of the molecule is COc1cc(C(=O)C[C@]2(O)C(=O)Nc3c(Cl)cccc32)cc(OC)c1OC. The number of ketones is 1. The molecule has 27 heavy (non-hydrogen) atoms. The van der Waals surface area contributed by atoms with Gasteiger partial charge in [0.2, 0.25) is 5.75 Å². The highest BCUT2D eigenvalue weighted by atomic mass is 35.5. The summed E-state index contributed by atoms with van der Waals surface area (Å²) < 4.78 is 15.7. The molecule has 1 aliphatic rings. The summed E-state index contributed by atoms with van der Waals surface area (Å²) in [5.41, 5.74) is -1.23. The van der Waals surface area contributed by atoms with E-state index in [-0.39, 0.29) is 16.1 Å². The Morgan fingerprint density at radius 1 is 1.15 bits per heavy atom. The van der Waals surface area contributed by atoms with Crippen LogP contribution >= 0.6 is 11.6 Å². The maximum absolute atomic E-state index is 12.9. The molecule has 0 bridgehead atoms. The van der Waals surface area contributed by atoms with Crippen molar-refractivity contribution in [2.24, 2.45) is 0 Å². The first-order valence-electron chi connectivity index (χ1n) is 8.01. The molecule has 1 heterocycles. The van der Waals surface area contributed by atoms with Gasteiger partial charge in [0.05, 0.1) is 38.5 Å². The number of carbonyl (C=O) groups is 2. The van der Waals surface area contributed by atoms with Crippen molar-refractivity contribution in [3.8, 4) is 17.2 Å². The molecule has 0 unspecified atom stereocenters. The van der Waals surface area contributed by atoms with Crippen molar-refractivity contribution in [2.75, 3.05) is 26.6 Å². The van der Waals surface area contributed by atoms with E-state index in [9.17, 15) is 14.7 Å². The molecule has 142 valence electrons. The van der Waals surface area contributed by atoms with Crippen molar-refractivity contribution in [2.45, 2.75) is 12.0 Å². The number of hydrogen-bond acceptors (Lipinski definition) is 6. The average molecular weight is 392 g/mol. The number of halogens is 1. The Morgan fingerprint density at radius 2 is 1.78 bits per heavy atom. The van der Waals surface area contributed by atoms with E-state index in [1.807, 2.05) is 0 Å². The number of para-hydroxylation sites is 1. The molecule has 0 saturated heterocycles. The molecule has 0 spiro atoms. The van der Waals surface area contributed by atoms with E-state index >= 15 is 0 Å². The number of methoxy groups -OCH3 is 3. The number of hydrogen-bond donors (Lipinski definition) is 2. The highest BCUT2D eigenvalue weighted by Gasteiger charge is 2.47. The van der Waals surface area contributed by atoms with Crippen LogP contribution in [0.4, 0.5) is 5.69 Å². The molecule has 0 aromatic heterocycles. The summed E-state index contributed by atoms with van der Waals surface area (Å²) in [6.07, 6.45) is -0.467. The highest BCUT2D eigenvalue weighted by molar-refractivity contribution is 6.34. The number of amides is 1. The number of aliphatic hydroxyl groups is 1. The molecule has 2 aromatic carbocycles. The van der Waals surface area contributed by atoms with E-state index in [4.69, 9.17) is 25.8 Å². The van der Waals surface area contributed by atoms with Gasteiger partial charge in [0, 0.05) is 11.1 Å². The van der Waals surface area contributed by atoms with Gasteiger partial charge in [-0.2, -0.15) is 0 Å². The normalized spacial score (nSPS) is 17.9. The molecule has 2 aromatic rings. The molecule has 0 fully saturated rings. The molecule has 1 atom stereocenters. The van der Waals surface area contributed by atoms with Gasteiger partial charge < -0.3 is 24.6 Å². The number of fused-ring (bicyclic) bond motifs is 1. The minimum Gasteiger partial charge on any atom is -0.493 e. The lowest BCUT2D eigenvalue weighted by Crippen LogP contribution is -2.36. The van der Waals surface area contributed by atoms with Crippen molar-refractivity contribution < 1.29 is 28.9 Å². The topological polar surface area (TPSA) is 94.1 Å². The van der Waals surface area contributed by atoms with Crippen molar-refractivity contribution in [3.05, 3.63) is 46.5 Å². The van der Waals surface area contributed by atoms with Crippen LogP contribution in [0.25, 0.3) is 0 Å². The lowest BCUT2D eigenvalue weighted by molar-refractivity contribution is -0.133. The largest absolute Gasteiger partial charge is 0.493 e. The smallest absolute Gasteiger partial charge is 0.261 e. The summed E-state index contributed by atoms with van der Waals surface area (Å²) in [6, 6.07) is 7.70. The summed E-state index contributed by atoms with van der Waals surface area (Å²) in [5, 5.41) is 13.8. The number of ether oxygens (including phenoxy) is 3. The van der Waals surface area contributed by atoms with Crippen LogP contribution in [0.3, 0.4) is 0 Å². The monoisotopic (exact) mass is 391 g/mol. The summed E-state index contributed by atoms with van der Waals surface area (Å²) >= 11 is 6.07. The lowest BCUT2D eigenvalue weighted by Gasteiger charge is -2.20. The van der Waals surface area contributed by atoms with Crippen molar-refractivity contribution in [3.63, 3.8) is 0 Å². The molecule has 1 amide bonds. The number of Topliss-reactive ketones (excluding diaryl/α,β-unsaturated/α-hetero) is 1. The maximum atomic E-state index is 12.9. The number of rotatable bonds is 6. The third-order valence-corrected chi connectivity index (χ3v) is 4.79. The molecule has 0 aliphatic carbocycles. The first kappa shape index (κ1) is 19.0. The Kier molecular flexibility index (Phi) is 4.99. The van der Waals surface area contributed by atoms with Crippen molar-refractivity contribution in [1.82, 2.24) is 0 Å².